The molecule has 28 heavy (non-hydrogen) atoms. The summed E-state index contributed by atoms with van der Waals surface area (Å²) in [6, 6.07) is 15.1. The molecule has 1 amide bonds. The predicted molar refractivity (Wildman–Crippen MR) is 112 cm³/mol. The third kappa shape index (κ3) is 5.00. The van der Waals surface area contributed by atoms with Crippen LogP contribution in [-0.4, -0.2) is 31.7 Å². The van der Waals surface area contributed by atoms with E-state index in [4.69, 9.17) is 0 Å². The van der Waals surface area contributed by atoms with E-state index in [1.165, 1.54) is 12.5 Å². The van der Waals surface area contributed by atoms with Gasteiger partial charge in [0, 0.05) is 25.7 Å². The summed E-state index contributed by atoms with van der Waals surface area (Å²) in [7, 11) is -3.41. The fourth-order valence-corrected chi connectivity index (χ4v) is 5.13. The highest BCUT2D eigenvalue weighted by atomic mass is 32.2. The van der Waals surface area contributed by atoms with E-state index in [0.717, 1.165) is 36.9 Å². The first-order valence-corrected chi connectivity index (χ1v) is 11.3. The highest BCUT2D eigenvalue weighted by Crippen LogP contribution is 2.26. The maximum Gasteiger partial charge on any atom is 0.243 e. The van der Waals surface area contributed by atoms with Crippen molar-refractivity contribution in [3.63, 3.8) is 0 Å². The first-order valence-electron chi connectivity index (χ1n) is 9.84. The second kappa shape index (κ2) is 8.88. The molecule has 1 heterocycles. The predicted octanol–water partition coefficient (Wildman–Crippen LogP) is 3.85. The lowest BCUT2D eigenvalue weighted by molar-refractivity contribution is -0.114. The number of aryl methyl sites for hydroxylation is 1. The molecule has 0 saturated carbocycles. The van der Waals surface area contributed by atoms with Crippen molar-refractivity contribution in [2.45, 2.75) is 44.4 Å². The summed E-state index contributed by atoms with van der Waals surface area (Å²) in [5.41, 5.74) is 3.15. The van der Waals surface area contributed by atoms with Gasteiger partial charge in [-0.1, -0.05) is 31.2 Å². The Hall–Kier alpha value is -2.18. The number of nitrogens with one attached hydrogen (secondary N) is 1. The van der Waals surface area contributed by atoms with E-state index in [0.29, 0.717) is 23.9 Å². The molecule has 3 rings (SSSR count). The molecule has 0 atom stereocenters. The molecule has 0 radical (unpaired) electrons. The molecular formula is C22H28N2O3S. The molecule has 150 valence electrons. The molecule has 2 aromatic carbocycles. The summed E-state index contributed by atoms with van der Waals surface area (Å²) in [6.45, 7) is 4.68. The molecule has 0 bridgehead atoms. The summed E-state index contributed by atoms with van der Waals surface area (Å²) in [5.74, 6) is 0.395. The molecule has 1 saturated heterocycles. The van der Waals surface area contributed by atoms with E-state index >= 15 is 0 Å². The standard InChI is InChI=1S/C22H28N2O3S/c1-3-18-6-10-22(11-7-18)28(26,27)24-14-12-20(13-15-24)16-19-4-8-21(9-5-19)23-17(2)25/h4-11,20H,3,12-16H2,1-2H3,(H,23,25). The van der Waals surface area contributed by atoms with E-state index in [1.54, 1.807) is 16.4 Å². The number of nitrogens with zero attached hydrogens (tertiary/aromatic N) is 1. The maximum absolute atomic E-state index is 12.9. The molecule has 1 fully saturated rings. The molecule has 0 spiro atoms. The molecule has 6 heteroatoms. The molecule has 0 aliphatic carbocycles. The maximum atomic E-state index is 12.9. The van der Waals surface area contributed by atoms with Crippen LogP contribution in [0.4, 0.5) is 5.69 Å². The number of carbonyl (C=O) groups excluding carboxylic acids is 1. The van der Waals surface area contributed by atoms with Gasteiger partial charge >= 0.3 is 0 Å². The van der Waals surface area contributed by atoms with Crippen LogP contribution in [0, 0.1) is 5.92 Å². The molecule has 1 aliphatic rings. The zero-order valence-electron chi connectivity index (χ0n) is 16.5. The van der Waals surface area contributed by atoms with Crippen LogP contribution in [0.1, 0.15) is 37.8 Å². The molecular weight excluding hydrogens is 372 g/mol. The lowest BCUT2D eigenvalue weighted by Crippen LogP contribution is -2.38. The van der Waals surface area contributed by atoms with Crippen LogP contribution in [-0.2, 0) is 27.7 Å². The van der Waals surface area contributed by atoms with Gasteiger partial charge in [-0.05, 0) is 67.0 Å². The highest BCUT2D eigenvalue weighted by Gasteiger charge is 2.29. The largest absolute Gasteiger partial charge is 0.326 e. The van der Waals surface area contributed by atoms with Gasteiger partial charge in [-0.25, -0.2) is 8.42 Å². The lowest BCUT2D eigenvalue weighted by Gasteiger charge is -2.31. The fourth-order valence-electron chi connectivity index (χ4n) is 3.66. The van der Waals surface area contributed by atoms with Gasteiger partial charge in [-0.2, -0.15) is 4.31 Å². The average Bonchev–Trinajstić information content (AvgIpc) is 2.69. The van der Waals surface area contributed by atoms with Gasteiger partial charge < -0.3 is 5.32 Å². The van der Waals surface area contributed by atoms with Crippen molar-refractivity contribution in [1.82, 2.24) is 4.31 Å². The number of anilines is 1. The van der Waals surface area contributed by atoms with Crippen LogP contribution in [0.15, 0.2) is 53.4 Å². The number of sulfonamides is 1. The van der Waals surface area contributed by atoms with Crippen LogP contribution >= 0.6 is 0 Å². The first kappa shape index (κ1) is 20.6. The molecule has 0 aromatic heterocycles. The minimum absolute atomic E-state index is 0.0781. The summed E-state index contributed by atoms with van der Waals surface area (Å²) in [4.78, 5) is 11.5. The highest BCUT2D eigenvalue weighted by molar-refractivity contribution is 7.89. The van der Waals surface area contributed by atoms with Gasteiger partial charge in [-0.15, -0.1) is 0 Å². The van der Waals surface area contributed by atoms with Crippen molar-refractivity contribution >= 4 is 21.6 Å². The Bertz CT molecular complexity index is 898. The molecule has 1 aliphatic heterocycles. The van der Waals surface area contributed by atoms with Gasteiger partial charge in [0.1, 0.15) is 0 Å². The molecule has 0 unspecified atom stereocenters. The number of hydrogen-bond donors (Lipinski definition) is 1. The van der Waals surface area contributed by atoms with Gasteiger partial charge in [-0.3, -0.25) is 4.79 Å². The summed E-state index contributed by atoms with van der Waals surface area (Å²) in [5, 5.41) is 2.77. The molecule has 5 nitrogen and oxygen atoms in total. The Balaban J connectivity index is 1.57. The van der Waals surface area contributed by atoms with E-state index < -0.39 is 10.0 Å². The molecule has 2 aromatic rings. The smallest absolute Gasteiger partial charge is 0.243 e. The third-order valence-corrected chi connectivity index (χ3v) is 7.25. The number of piperidine rings is 1. The van der Waals surface area contributed by atoms with Crippen molar-refractivity contribution in [3.8, 4) is 0 Å². The van der Waals surface area contributed by atoms with Gasteiger partial charge in [0.2, 0.25) is 15.9 Å². The van der Waals surface area contributed by atoms with Gasteiger partial charge in [0.15, 0.2) is 0 Å². The van der Waals surface area contributed by atoms with Crippen molar-refractivity contribution in [2.24, 2.45) is 5.92 Å². The number of amides is 1. The second-order valence-electron chi connectivity index (χ2n) is 7.43. The Kier molecular flexibility index (Phi) is 6.52. The fraction of sp³-hybridized carbons (Fsp3) is 0.409. The van der Waals surface area contributed by atoms with E-state index in [-0.39, 0.29) is 5.91 Å². The van der Waals surface area contributed by atoms with Crippen molar-refractivity contribution < 1.29 is 13.2 Å². The SMILES string of the molecule is CCc1ccc(S(=O)(=O)N2CCC(Cc3ccc(NC(C)=O)cc3)CC2)cc1. The first-order chi connectivity index (χ1) is 13.4. The zero-order chi connectivity index (χ0) is 20.1. The Morgan fingerprint density at radius 1 is 1.00 bits per heavy atom. The minimum Gasteiger partial charge on any atom is -0.326 e. The number of hydrogen-bond acceptors (Lipinski definition) is 3. The van der Waals surface area contributed by atoms with Crippen LogP contribution in [0.2, 0.25) is 0 Å². The van der Waals surface area contributed by atoms with Crippen molar-refractivity contribution in [2.75, 3.05) is 18.4 Å². The summed E-state index contributed by atoms with van der Waals surface area (Å²) < 4.78 is 27.4. The monoisotopic (exact) mass is 400 g/mol. The van der Waals surface area contributed by atoms with Crippen LogP contribution < -0.4 is 5.32 Å². The van der Waals surface area contributed by atoms with Gasteiger partial charge in [0.25, 0.3) is 0 Å². The Morgan fingerprint density at radius 3 is 2.11 bits per heavy atom. The lowest BCUT2D eigenvalue weighted by atomic mass is 9.91. The van der Waals surface area contributed by atoms with E-state index in [2.05, 4.69) is 12.2 Å². The van der Waals surface area contributed by atoms with Crippen molar-refractivity contribution in [1.29, 1.82) is 0 Å². The second-order valence-corrected chi connectivity index (χ2v) is 9.37. The van der Waals surface area contributed by atoms with Crippen LogP contribution in [0.25, 0.3) is 0 Å². The normalized spacial score (nSPS) is 16.1. The van der Waals surface area contributed by atoms with Crippen molar-refractivity contribution in [3.05, 3.63) is 59.7 Å². The molecule has 1 N–H and O–H groups in total. The minimum atomic E-state index is -3.41. The van der Waals surface area contributed by atoms with Crippen LogP contribution in [0.3, 0.4) is 0 Å². The Morgan fingerprint density at radius 2 is 1.57 bits per heavy atom. The Labute approximate surface area is 167 Å². The van der Waals surface area contributed by atoms with E-state index in [1.807, 2.05) is 36.4 Å². The number of benzene rings is 2. The summed E-state index contributed by atoms with van der Waals surface area (Å²) in [6.07, 6.45) is 3.55. The van der Waals surface area contributed by atoms with Gasteiger partial charge in [0.05, 0.1) is 4.90 Å². The zero-order valence-corrected chi connectivity index (χ0v) is 17.3. The number of rotatable bonds is 6. The average molecular weight is 401 g/mol. The third-order valence-electron chi connectivity index (χ3n) is 5.34. The quantitative estimate of drug-likeness (QED) is 0.801. The summed E-state index contributed by atoms with van der Waals surface area (Å²) >= 11 is 0. The van der Waals surface area contributed by atoms with E-state index in [9.17, 15) is 13.2 Å². The number of carbonyl (C=O) groups is 1. The van der Waals surface area contributed by atoms with Crippen LogP contribution in [0.5, 0.6) is 0 Å². The topological polar surface area (TPSA) is 66.5 Å².